The SMILES string of the molecule is CCN(CC)CCn1c(N)[n+](C[C@@H](O)c2ccco2)c2ccccc21. The topological polar surface area (TPSA) is 71.4 Å². The lowest BCUT2D eigenvalue weighted by molar-refractivity contribution is -0.666. The molecule has 3 rings (SSSR count). The quantitative estimate of drug-likeness (QED) is 0.615. The number of benzene rings is 1. The number of aliphatic hydroxyl groups is 1. The molecule has 6 heteroatoms. The van der Waals surface area contributed by atoms with Crippen molar-refractivity contribution in [2.45, 2.75) is 33.0 Å². The predicted octanol–water partition coefficient (Wildman–Crippen LogP) is 2.18. The van der Waals surface area contributed by atoms with Crippen LogP contribution in [-0.4, -0.2) is 34.2 Å². The summed E-state index contributed by atoms with van der Waals surface area (Å²) in [5, 5.41) is 10.5. The summed E-state index contributed by atoms with van der Waals surface area (Å²) in [6, 6.07) is 11.7. The van der Waals surface area contributed by atoms with E-state index in [0.29, 0.717) is 18.3 Å². The molecule has 134 valence electrons. The van der Waals surface area contributed by atoms with E-state index in [1.165, 1.54) is 0 Å². The molecule has 0 aliphatic carbocycles. The maximum Gasteiger partial charge on any atom is 0.356 e. The van der Waals surface area contributed by atoms with Crippen molar-refractivity contribution in [3.8, 4) is 0 Å². The number of nitrogens with zero attached hydrogens (tertiary/aromatic N) is 3. The van der Waals surface area contributed by atoms with Crippen LogP contribution in [0.15, 0.2) is 47.1 Å². The standard InChI is InChI=1S/C19H26N4O2/c1-3-21(4-2)11-12-22-15-8-5-6-9-16(15)23(19(22)20)14-17(24)18-10-7-13-25-18/h5-10,13,17,20,24H,3-4,11-12,14H2,1-2H3/p+1/t17-/m1/s1. The van der Waals surface area contributed by atoms with Crippen molar-refractivity contribution in [2.24, 2.45) is 0 Å². The summed E-state index contributed by atoms with van der Waals surface area (Å²) in [6.07, 6.45) is 0.837. The van der Waals surface area contributed by atoms with E-state index >= 15 is 0 Å². The number of anilines is 1. The zero-order chi connectivity index (χ0) is 17.8. The molecule has 0 bridgehead atoms. The molecule has 0 spiro atoms. The van der Waals surface area contributed by atoms with Gasteiger partial charge in [0, 0.05) is 6.54 Å². The van der Waals surface area contributed by atoms with E-state index in [2.05, 4.69) is 29.4 Å². The van der Waals surface area contributed by atoms with Crippen LogP contribution in [0.3, 0.4) is 0 Å². The van der Waals surface area contributed by atoms with Crippen molar-refractivity contribution in [1.82, 2.24) is 9.47 Å². The van der Waals surface area contributed by atoms with Gasteiger partial charge >= 0.3 is 5.95 Å². The fraction of sp³-hybridized carbons (Fsp3) is 0.421. The average molecular weight is 343 g/mol. The number of nitrogen functional groups attached to an aromatic ring is 1. The van der Waals surface area contributed by atoms with Crippen molar-refractivity contribution in [2.75, 3.05) is 25.4 Å². The van der Waals surface area contributed by atoms with E-state index in [9.17, 15) is 5.11 Å². The highest BCUT2D eigenvalue weighted by atomic mass is 16.4. The largest absolute Gasteiger partial charge is 0.466 e. The summed E-state index contributed by atoms with van der Waals surface area (Å²) in [6.45, 7) is 8.49. The number of hydrogen-bond donors (Lipinski definition) is 2. The molecule has 0 unspecified atom stereocenters. The van der Waals surface area contributed by atoms with Gasteiger partial charge in [-0.05, 0) is 37.4 Å². The molecule has 0 radical (unpaired) electrons. The van der Waals surface area contributed by atoms with E-state index in [0.717, 1.165) is 37.2 Å². The number of fused-ring (bicyclic) bond motifs is 1. The molecule has 0 aliphatic rings. The fourth-order valence-electron chi connectivity index (χ4n) is 3.27. The Morgan fingerprint density at radius 2 is 1.96 bits per heavy atom. The number of aromatic nitrogens is 2. The third kappa shape index (κ3) is 3.55. The first-order valence-electron chi connectivity index (χ1n) is 8.86. The van der Waals surface area contributed by atoms with Crippen molar-refractivity contribution in [1.29, 1.82) is 0 Å². The summed E-state index contributed by atoms with van der Waals surface area (Å²) in [7, 11) is 0. The number of rotatable bonds is 8. The van der Waals surface area contributed by atoms with Gasteiger partial charge in [0.1, 0.15) is 29.4 Å². The predicted molar refractivity (Wildman–Crippen MR) is 98.0 cm³/mol. The van der Waals surface area contributed by atoms with Gasteiger partial charge in [0.15, 0.2) is 0 Å². The highest BCUT2D eigenvalue weighted by Gasteiger charge is 2.24. The number of aliphatic hydroxyl groups excluding tert-OH is 1. The number of furan rings is 1. The Bertz CT molecular complexity index is 806. The molecular formula is C19H27N4O2+. The van der Waals surface area contributed by atoms with Crippen molar-refractivity contribution in [3.63, 3.8) is 0 Å². The van der Waals surface area contributed by atoms with E-state index in [4.69, 9.17) is 10.2 Å². The second kappa shape index (κ2) is 7.72. The van der Waals surface area contributed by atoms with Crippen LogP contribution in [-0.2, 0) is 13.1 Å². The first-order valence-corrected chi connectivity index (χ1v) is 8.86. The normalized spacial score (nSPS) is 13.0. The lowest BCUT2D eigenvalue weighted by atomic mass is 10.2. The molecule has 2 heterocycles. The average Bonchev–Trinajstić information content (AvgIpc) is 3.25. The molecule has 0 amide bonds. The van der Waals surface area contributed by atoms with Gasteiger partial charge in [-0.25, -0.2) is 9.13 Å². The maximum atomic E-state index is 10.5. The third-order valence-electron chi connectivity index (χ3n) is 4.78. The number of likely N-dealkylation sites (N-methyl/N-ethyl adjacent to an activating group) is 1. The number of para-hydroxylation sites is 2. The Kier molecular flexibility index (Phi) is 5.40. The van der Waals surface area contributed by atoms with Crippen LogP contribution in [0.4, 0.5) is 5.95 Å². The fourth-order valence-corrected chi connectivity index (χ4v) is 3.27. The zero-order valence-electron chi connectivity index (χ0n) is 14.9. The summed E-state index contributed by atoms with van der Waals surface area (Å²) in [4.78, 5) is 2.37. The Balaban J connectivity index is 1.92. The molecule has 0 saturated carbocycles. The van der Waals surface area contributed by atoms with Crippen LogP contribution in [0.25, 0.3) is 11.0 Å². The minimum Gasteiger partial charge on any atom is -0.466 e. The molecule has 1 aromatic carbocycles. The Hall–Kier alpha value is -2.31. The maximum absolute atomic E-state index is 10.5. The Morgan fingerprint density at radius 3 is 2.64 bits per heavy atom. The molecule has 0 fully saturated rings. The lowest BCUT2D eigenvalue weighted by Gasteiger charge is -2.17. The van der Waals surface area contributed by atoms with Gasteiger partial charge < -0.3 is 14.4 Å². The molecule has 3 aromatic rings. The van der Waals surface area contributed by atoms with Crippen molar-refractivity contribution < 1.29 is 14.1 Å². The van der Waals surface area contributed by atoms with E-state index in [-0.39, 0.29) is 0 Å². The van der Waals surface area contributed by atoms with Gasteiger partial charge in [0.05, 0.1) is 12.8 Å². The summed E-state index contributed by atoms with van der Waals surface area (Å²) in [5.41, 5.74) is 8.55. The monoisotopic (exact) mass is 343 g/mol. The minimum absolute atomic E-state index is 0.359. The Morgan fingerprint density at radius 1 is 1.20 bits per heavy atom. The zero-order valence-corrected chi connectivity index (χ0v) is 14.9. The van der Waals surface area contributed by atoms with E-state index in [1.807, 2.05) is 22.8 Å². The molecule has 1 atom stereocenters. The molecule has 0 aliphatic heterocycles. The number of imidazole rings is 1. The van der Waals surface area contributed by atoms with Crippen LogP contribution in [0, 0.1) is 0 Å². The Labute approximate surface area is 148 Å². The summed E-state index contributed by atoms with van der Waals surface area (Å²) in [5.74, 6) is 1.20. The van der Waals surface area contributed by atoms with Crippen molar-refractivity contribution >= 4 is 17.0 Å². The van der Waals surface area contributed by atoms with Gasteiger partial charge in [-0.2, -0.15) is 0 Å². The minimum atomic E-state index is -0.732. The molecule has 6 nitrogen and oxygen atoms in total. The van der Waals surface area contributed by atoms with Crippen molar-refractivity contribution in [3.05, 3.63) is 48.4 Å². The second-order valence-electron chi connectivity index (χ2n) is 6.17. The summed E-state index contributed by atoms with van der Waals surface area (Å²) >= 11 is 0. The molecule has 25 heavy (non-hydrogen) atoms. The second-order valence-corrected chi connectivity index (χ2v) is 6.17. The van der Waals surface area contributed by atoms with Crippen LogP contribution in [0.1, 0.15) is 25.7 Å². The third-order valence-corrected chi connectivity index (χ3v) is 4.78. The first-order chi connectivity index (χ1) is 12.2. The molecule has 2 aromatic heterocycles. The lowest BCUT2D eigenvalue weighted by Crippen LogP contribution is -2.39. The van der Waals surface area contributed by atoms with Crippen LogP contribution in [0.2, 0.25) is 0 Å². The number of nitrogens with two attached hydrogens (primary N) is 1. The van der Waals surface area contributed by atoms with E-state index in [1.54, 1.807) is 18.4 Å². The molecular weight excluding hydrogens is 316 g/mol. The van der Waals surface area contributed by atoms with Gasteiger partial charge in [-0.15, -0.1) is 0 Å². The highest BCUT2D eigenvalue weighted by molar-refractivity contribution is 5.73. The number of hydrogen-bond acceptors (Lipinski definition) is 4. The van der Waals surface area contributed by atoms with E-state index < -0.39 is 6.10 Å². The van der Waals surface area contributed by atoms with Gasteiger partial charge in [-0.1, -0.05) is 26.0 Å². The van der Waals surface area contributed by atoms with Crippen LogP contribution < -0.4 is 10.3 Å². The smallest absolute Gasteiger partial charge is 0.356 e. The highest BCUT2D eigenvalue weighted by Crippen LogP contribution is 2.19. The van der Waals surface area contributed by atoms with Crippen LogP contribution >= 0.6 is 0 Å². The molecule has 0 saturated heterocycles. The van der Waals surface area contributed by atoms with Crippen LogP contribution in [0.5, 0.6) is 0 Å². The first kappa shape index (κ1) is 17.5. The summed E-state index contributed by atoms with van der Waals surface area (Å²) < 4.78 is 9.41. The van der Waals surface area contributed by atoms with Gasteiger partial charge in [-0.3, -0.25) is 5.73 Å². The van der Waals surface area contributed by atoms with Gasteiger partial charge in [0.2, 0.25) is 0 Å². The molecule has 3 N–H and O–H groups in total. The van der Waals surface area contributed by atoms with Gasteiger partial charge in [0.25, 0.3) is 0 Å².